The number of anilines is 1. The summed E-state index contributed by atoms with van der Waals surface area (Å²) in [5.41, 5.74) is 0.524. The number of carbonyl (C=O) groups is 2. The zero-order valence-corrected chi connectivity index (χ0v) is 16.7. The average Bonchev–Trinajstić information content (AvgIpc) is 3.37. The number of nitrogens with zero attached hydrogens (tertiary/aromatic N) is 2. The minimum absolute atomic E-state index is 0.0624. The predicted octanol–water partition coefficient (Wildman–Crippen LogP) is 2.75. The van der Waals surface area contributed by atoms with Crippen LogP contribution in [0.5, 0.6) is 11.5 Å². The van der Waals surface area contributed by atoms with Gasteiger partial charge in [-0.1, -0.05) is 19.8 Å². The first-order chi connectivity index (χ1) is 14.1. The van der Waals surface area contributed by atoms with Crippen LogP contribution in [0.25, 0.3) is 0 Å². The second-order valence-corrected chi connectivity index (χ2v) is 7.13. The third-order valence-electron chi connectivity index (χ3n) is 4.61. The lowest BCUT2D eigenvalue weighted by atomic mass is 10.2. The fraction of sp³-hybridized carbons (Fsp3) is 0.476. The van der Waals surface area contributed by atoms with Gasteiger partial charge in [0.2, 0.25) is 5.91 Å². The minimum Gasteiger partial charge on any atom is -0.494 e. The molecule has 1 fully saturated rings. The number of nitrogens with one attached hydrogen (secondary N) is 2. The number of rotatable bonds is 10. The number of aromatic nitrogens is 2. The number of benzene rings is 1. The van der Waals surface area contributed by atoms with Gasteiger partial charge in [0, 0.05) is 12.2 Å². The first-order valence-corrected chi connectivity index (χ1v) is 10.1. The van der Waals surface area contributed by atoms with Crippen molar-refractivity contribution in [2.24, 2.45) is 0 Å². The lowest BCUT2D eigenvalue weighted by Gasteiger charge is -2.11. The van der Waals surface area contributed by atoms with Gasteiger partial charge in [-0.3, -0.25) is 14.3 Å². The van der Waals surface area contributed by atoms with Gasteiger partial charge in [0.05, 0.1) is 18.5 Å². The summed E-state index contributed by atoms with van der Waals surface area (Å²) in [7, 11) is 0. The van der Waals surface area contributed by atoms with Crippen LogP contribution in [0, 0.1) is 0 Å². The SMILES string of the molecule is CCCOc1ccc(OCC(=O)Nc2cnn(CC(=O)NC3CCCC3)c2)cc1. The van der Waals surface area contributed by atoms with Crippen molar-refractivity contribution in [3.63, 3.8) is 0 Å². The largest absolute Gasteiger partial charge is 0.494 e. The van der Waals surface area contributed by atoms with E-state index in [4.69, 9.17) is 9.47 Å². The second-order valence-electron chi connectivity index (χ2n) is 7.13. The van der Waals surface area contributed by atoms with Crippen molar-refractivity contribution >= 4 is 17.5 Å². The molecule has 0 unspecified atom stereocenters. The first-order valence-electron chi connectivity index (χ1n) is 10.1. The Morgan fingerprint density at radius 1 is 1.10 bits per heavy atom. The normalized spacial score (nSPS) is 13.8. The Morgan fingerprint density at radius 3 is 2.48 bits per heavy atom. The highest BCUT2D eigenvalue weighted by molar-refractivity contribution is 5.91. The van der Waals surface area contributed by atoms with Crippen molar-refractivity contribution < 1.29 is 19.1 Å². The van der Waals surface area contributed by atoms with E-state index in [0.29, 0.717) is 18.0 Å². The number of carbonyl (C=O) groups excluding carboxylic acids is 2. The third-order valence-corrected chi connectivity index (χ3v) is 4.61. The molecule has 0 saturated heterocycles. The van der Waals surface area contributed by atoms with E-state index in [0.717, 1.165) is 25.0 Å². The number of hydrogen-bond donors (Lipinski definition) is 2. The van der Waals surface area contributed by atoms with Crippen LogP contribution >= 0.6 is 0 Å². The molecular weight excluding hydrogens is 372 g/mol. The number of hydrogen-bond acceptors (Lipinski definition) is 5. The summed E-state index contributed by atoms with van der Waals surface area (Å²) in [6.07, 6.45) is 8.51. The summed E-state index contributed by atoms with van der Waals surface area (Å²) < 4.78 is 12.5. The van der Waals surface area contributed by atoms with E-state index in [9.17, 15) is 9.59 Å². The molecule has 1 heterocycles. The topological polar surface area (TPSA) is 94.5 Å². The zero-order chi connectivity index (χ0) is 20.5. The molecule has 2 aromatic rings. The lowest BCUT2D eigenvalue weighted by Crippen LogP contribution is -2.35. The van der Waals surface area contributed by atoms with Crippen LogP contribution in [0.15, 0.2) is 36.7 Å². The molecule has 0 bridgehead atoms. The molecule has 3 rings (SSSR count). The van der Waals surface area contributed by atoms with Crippen molar-refractivity contribution in [3.8, 4) is 11.5 Å². The maximum Gasteiger partial charge on any atom is 0.262 e. The van der Waals surface area contributed by atoms with E-state index in [1.54, 1.807) is 18.3 Å². The highest BCUT2D eigenvalue weighted by atomic mass is 16.5. The molecule has 156 valence electrons. The zero-order valence-electron chi connectivity index (χ0n) is 16.7. The van der Waals surface area contributed by atoms with Crippen LogP contribution < -0.4 is 20.1 Å². The molecule has 1 saturated carbocycles. The van der Waals surface area contributed by atoms with E-state index in [1.165, 1.54) is 23.7 Å². The van der Waals surface area contributed by atoms with E-state index in [1.807, 2.05) is 19.1 Å². The molecule has 2 N–H and O–H groups in total. The van der Waals surface area contributed by atoms with E-state index < -0.39 is 0 Å². The Bertz CT molecular complexity index is 797. The fourth-order valence-electron chi connectivity index (χ4n) is 3.20. The summed E-state index contributed by atoms with van der Waals surface area (Å²) in [6, 6.07) is 7.42. The molecule has 8 nitrogen and oxygen atoms in total. The summed E-state index contributed by atoms with van der Waals surface area (Å²) >= 11 is 0. The van der Waals surface area contributed by atoms with Gasteiger partial charge in [-0.15, -0.1) is 0 Å². The van der Waals surface area contributed by atoms with Crippen LogP contribution in [-0.2, 0) is 16.1 Å². The molecule has 2 amide bonds. The summed E-state index contributed by atoms with van der Waals surface area (Å²) in [6.45, 7) is 2.72. The van der Waals surface area contributed by atoms with Gasteiger partial charge in [0.15, 0.2) is 6.61 Å². The quantitative estimate of drug-likeness (QED) is 0.640. The Morgan fingerprint density at radius 2 is 1.79 bits per heavy atom. The standard InChI is InChI=1S/C21H28N4O4/c1-2-11-28-18-7-9-19(10-8-18)29-15-21(27)24-17-12-22-25(13-17)14-20(26)23-16-5-3-4-6-16/h7-10,12-13,16H,2-6,11,14-15H2,1H3,(H,23,26)(H,24,27). The number of ether oxygens (including phenoxy) is 2. The Labute approximate surface area is 170 Å². The van der Waals surface area contributed by atoms with Crippen LogP contribution in [0.2, 0.25) is 0 Å². The lowest BCUT2D eigenvalue weighted by molar-refractivity contribution is -0.122. The molecule has 0 atom stereocenters. The maximum atomic E-state index is 12.1. The molecule has 29 heavy (non-hydrogen) atoms. The summed E-state index contributed by atoms with van der Waals surface area (Å²) in [5.74, 6) is 0.996. The van der Waals surface area contributed by atoms with E-state index in [-0.39, 0.29) is 31.0 Å². The second kappa shape index (κ2) is 10.5. The van der Waals surface area contributed by atoms with Crippen molar-refractivity contribution in [2.45, 2.75) is 51.6 Å². The average molecular weight is 400 g/mol. The van der Waals surface area contributed by atoms with Crippen molar-refractivity contribution in [2.75, 3.05) is 18.5 Å². The Kier molecular flexibility index (Phi) is 7.49. The summed E-state index contributed by atoms with van der Waals surface area (Å²) in [5, 5.41) is 9.85. The van der Waals surface area contributed by atoms with Gasteiger partial charge in [0.1, 0.15) is 18.0 Å². The Hall–Kier alpha value is -3.03. The monoisotopic (exact) mass is 400 g/mol. The summed E-state index contributed by atoms with van der Waals surface area (Å²) in [4.78, 5) is 24.1. The molecule has 1 aliphatic rings. The minimum atomic E-state index is -0.300. The van der Waals surface area contributed by atoms with Crippen LogP contribution in [0.3, 0.4) is 0 Å². The first kappa shape index (κ1) is 20.7. The fourth-order valence-corrected chi connectivity index (χ4v) is 3.20. The smallest absolute Gasteiger partial charge is 0.262 e. The van der Waals surface area contributed by atoms with Crippen LogP contribution in [0.1, 0.15) is 39.0 Å². The molecule has 8 heteroatoms. The molecule has 1 aromatic heterocycles. The molecule has 1 aromatic carbocycles. The third kappa shape index (κ3) is 6.81. The highest BCUT2D eigenvalue weighted by Crippen LogP contribution is 2.18. The van der Waals surface area contributed by atoms with Gasteiger partial charge in [-0.2, -0.15) is 5.10 Å². The van der Waals surface area contributed by atoms with E-state index >= 15 is 0 Å². The molecule has 0 spiro atoms. The van der Waals surface area contributed by atoms with Gasteiger partial charge < -0.3 is 20.1 Å². The Balaban J connectivity index is 1.39. The van der Waals surface area contributed by atoms with Gasteiger partial charge in [-0.25, -0.2) is 0 Å². The van der Waals surface area contributed by atoms with Gasteiger partial charge in [0.25, 0.3) is 5.91 Å². The van der Waals surface area contributed by atoms with Crippen molar-refractivity contribution in [3.05, 3.63) is 36.7 Å². The number of amides is 2. The van der Waals surface area contributed by atoms with Crippen molar-refractivity contribution in [1.82, 2.24) is 15.1 Å². The van der Waals surface area contributed by atoms with E-state index in [2.05, 4.69) is 15.7 Å². The van der Waals surface area contributed by atoms with Gasteiger partial charge in [-0.05, 0) is 43.5 Å². The maximum absolute atomic E-state index is 12.1. The predicted molar refractivity (Wildman–Crippen MR) is 109 cm³/mol. The molecule has 1 aliphatic carbocycles. The molecular formula is C21H28N4O4. The highest BCUT2D eigenvalue weighted by Gasteiger charge is 2.17. The molecule has 0 radical (unpaired) electrons. The molecule has 0 aliphatic heterocycles. The van der Waals surface area contributed by atoms with Crippen LogP contribution in [0.4, 0.5) is 5.69 Å². The van der Waals surface area contributed by atoms with Crippen LogP contribution in [-0.4, -0.2) is 40.9 Å². The van der Waals surface area contributed by atoms with Gasteiger partial charge >= 0.3 is 0 Å². The van der Waals surface area contributed by atoms with Crippen molar-refractivity contribution in [1.29, 1.82) is 0 Å².